The van der Waals surface area contributed by atoms with Crippen LogP contribution in [0, 0.1) is 0 Å². The van der Waals surface area contributed by atoms with Crippen LogP contribution < -0.4 is 21.3 Å². The molecule has 3 unspecified atom stereocenters. The van der Waals surface area contributed by atoms with Gasteiger partial charge in [-0.3, -0.25) is 19.9 Å². The van der Waals surface area contributed by atoms with Gasteiger partial charge in [0.05, 0.1) is 11.4 Å². The predicted molar refractivity (Wildman–Crippen MR) is 129 cm³/mol. The van der Waals surface area contributed by atoms with Gasteiger partial charge >= 0.3 is 0 Å². The average Bonchev–Trinajstić information content (AvgIpc) is 3.02. The number of likely N-dealkylation sites (N-methyl/N-ethyl adjacent to an activating group) is 1. The van der Waals surface area contributed by atoms with Crippen molar-refractivity contribution >= 4 is 28.9 Å². The molecule has 0 saturated carbocycles. The largest absolute Gasteiger partial charge is 0.326 e. The Morgan fingerprint density at radius 1 is 0.970 bits per heavy atom. The molecule has 5 rings (SSSR count). The predicted octanol–water partition coefficient (Wildman–Crippen LogP) is 2.31. The van der Waals surface area contributed by atoms with Gasteiger partial charge in [0.2, 0.25) is 5.91 Å². The van der Waals surface area contributed by atoms with Crippen LogP contribution in [-0.2, 0) is 16.0 Å². The van der Waals surface area contributed by atoms with Crippen molar-refractivity contribution in [1.29, 1.82) is 0 Å². The van der Waals surface area contributed by atoms with E-state index in [9.17, 15) is 9.59 Å². The molecule has 0 radical (unpaired) electrons. The molecule has 3 aromatic rings. The lowest BCUT2D eigenvalue weighted by atomic mass is 10.0. The van der Waals surface area contributed by atoms with E-state index in [2.05, 4.69) is 10.6 Å². The summed E-state index contributed by atoms with van der Waals surface area (Å²) in [6.45, 7) is 0. The molecule has 2 aliphatic rings. The van der Waals surface area contributed by atoms with Crippen LogP contribution in [0.4, 0.5) is 11.4 Å². The Kier molecular flexibility index (Phi) is 5.50. The minimum Gasteiger partial charge on any atom is -0.326 e. The van der Waals surface area contributed by atoms with Crippen molar-refractivity contribution in [2.75, 3.05) is 17.3 Å². The summed E-state index contributed by atoms with van der Waals surface area (Å²) < 4.78 is 0. The molecule has 7 heteroatoms. The molecule has 3 aromatic carbocycles. The highest BCUT2D eigenvalue weighted by Gasteiger charge is 2.36. The molecule has 7 nitrogen and oxygen atoms in total. The highest BCUT2D eigenvalue weighted by molar-refractivity contribution is 6.20. The van der Waals surface area contributed by atoms with Crippen LogP contribution in [0.5, 0.6) is 0 Å². The third kappa shape index (κ3) is 3.92. The normalized spacial score (nSPS) is 22.4. The summed E-state index contributed by atoms with van der Waals surface area (Å²) in [5, 5.41) is 6.11. The zero-order valence-electron chi connectivity index (χ0n) is 18.2. The van der Waals surface area contributed by atoms with Gasteiger partial charge in [-0.25, -0.2) is 0 Å². The van der Waals surface area contributed by atoms with Crippen LogP contribution in [0.1, 0.15) is 16.7 Å². The Hall–Kier alpha value is -3.81. The van der Waals surface area contributed by atoms with Crippen molar-refractivity contribution < 1.29 is 9.59 Å². The zero-order chi connectivity index (χ0) is 22.9. The maximum absolute atomic E-state index is 13.5. The van der Waals surface area contributed by atoms with E-state index in [1.54, 1.807) is 11.9 Å². The number of amides is 2. The third-order valence-electron chi connectivity index (χ3n) is 6.17. The smallest absolute Gasteiger partial charge is 0.266 e. The molecule has 0 saturated heterocycles. The molecule has 0 aromatic heterocycles. The third-order valence-corrected chi connectivity index (χ3v) is 6.17. The van der Waals surface area contributed by atoms with E-state index < -0.39 is 18.2 Å². The SMILES string of the molecule is CN1C(=O)C(NC2C(=O)Nc3ccccc3CC2N)N=C(c2ccccc2)c2ccccc21. The number of benzodiazepines with no additional fused rings is 1. The number of hydrogen-bond acceptors (Lipinski definition) is 5. The van der Waals surface area contributed by atoms with Crippen molar-refractivity contribution in [3.05, 3.63) is 95.6 Å². The second kappa shape index (κ2) is 8.61. The topological polar surface area (TPSA) is 99.8 Å². The lowest BCUT2D eigenvalue weighted by molar-refractivity contribution is -0.121. The number of rotatable bonds is 3. The summed E-state index contributed by atoms with van der Waals surface area (Å²) in [5.74, 6) is -0.531. The minimum absolute atomic E-state index is 0.254. The summed E-state index contributed by atoms with van der Waals surface area (Å²) in [6.07, 6.45) is -0.473. The van der Waals surface area contributed by atoms with Gasteiger partial charge < -0.3 is 16.0 Å². The van der Waals surface area contributed by atoms with E-state index in [4.69, 9.17) is 10.7 Å². The number of anilines is 2. The number of nitrogens with zero attached hydrogens (tertiary/aromatic N) is 2. The molecule has 2 heterocycles. The summed E-state index contributed by atoms with van der Waals surface area (Å²) >= 11 is 0. The molecule has 4 N–H and O–H groups in total. The maximum Gasteiger partial charge on any atom is 0.266 e. The number of carbonyl (C=O) groups excluding carboxylic acids is 2. The number of benzene rings is 3. The zero-order valence-corrected chi connectivity index (χ0v) is 18.2. The molecule has 0 spiro atoms. The first-order valence-electron chi connectivity index (χ1n) is 10.9. The number of nitrogens with one attached hydrogen (secondary N) is 2. The van der Waals surface area contributed by atoms with E-state index >= 15 is 0 Å². The molecular weight excluding hydrogens is 414 g/mol. The van der Waals surface area contributed by atoms with E-state index in [1.807, 2.05) is 78.9 Å². The van der Waals surface area contributed by atoms with Gasteiger partial charge in [-0.2, -0.15) is 0 Å². The number of nitrogens with two attached hydrogens (primary N) is 1. The fraction of sp³-hybridized carbons (Fsp3) is 0.192. The fourth-order valence-corrected chi connectivity index (χ4v) is 4.42. The van der Waals surface area contributed by atoms with E-state index in [0.29, 0.717) is 12.1 Å². The van der Waals surface area contributed by atoms with Crippen molar-refractivity contribution in [2.45, 2.75) is 24.7 Å². The van der Waals surface area contributed by atoms with Crippen LogP contribution in [0.2, 0.25) is 0 Å². The van der Waals surface area contributed by atoms with Crippen LogP contribution in [0.15, 0.2) is 83.9 Å². The van der Waals surface area contributed by atoms with Gasteiger partial charge in [0, 0.05) is 29.9 Å². The quantitative estimate of drug-likeness (QED) is 0.583. The fourth-order valence-electron chi connectivity index (χ4n) is 4.42. The molecule has 33 heavy (non-hydrogen) atoms. The maximum atomic E-state index is 13.5. The summed E-state index contributed by atoms with van der Waals surface area (Å²) in [7, 11) is 1.72. The van der Waals surface area contributed by atoms with E-state index in [0.717, 1.165) is 28.1 Å². The molecular formula is C26H25N5O2. The molecule has 0 bridgehead atoms. The summed E-state index contributed by atoms with van der Waals surface area (Å²) in [6, 6.07) is 23.7. The van der Waals surface area contributed by atoms with Crippen LogP contribution in [-0.4, -0.2) is 42.8 Å². The lowest BCUT2D eigenvalue weighted by Crippen LogP contribution is -2.58. The van der Waals surface area contributed by atoms with Crippen molar-refractivity contribution in [3.8, 4) is 0 Å². The Balaban J connectivity index is 1.54. The number of carbonyl (C=O) groups is 2. The Bertz CT molecular complexity index is 1240. The van der Waals surface area contributed by atoms with Crippen molar-refractivity contribution in [3.63, 3.8) is 0 Å². The number of aliphatic imine (C=N–C) groups is 1. The Morgan fingerprint density at radius 2 is 1.67 bits per heavy atom. The van der Waals surface area contributed by atoms with Crippen molar-refractivity contribution in [1.82, 2.24) is 5.32 Å². The highest BCUT2D eigenvalue weighted by atomic mass is 16.2. The number of hydrogen-bond donors (Lipinski definition) is 3. The van der Waals surface area contributed by atoms with Crippen LogP contribution in [0.3, 0.4) is 0 Å². The van der Waals surface area contributed by atoms with Gasteiger partial charge in [-0.05, 0) is 24.1 Å². The minimum atomic E-state index is -0.972. The molecule has 2 amide bonds. The standard InChI is InChI=1S/C26H25N5O2/c1-31-21-14-8-6-12-18(21)22(16-9-3-2-4-10-16)29-24(26(31)33)30-23-19(27)15-17-11-5-7-13-20(17)28-25(23)32/h2-14,19,23-24,30H,15,27H2,1H3,(H,28,32). The first-order chi connectivity index (χ1) is 16.0. The van der Waals surface area contributed by atoms with Gasteiger partial charge in [0.1, 0.15) is 6.04 Å². The van der Waals surface area contributed by atoms with Gasteiger partial charge in [0.25, 0.3) is 5.91 Å². The molecule has 3 atom stereocenters. The summed E-state index contributed by atoms with van der Waals surface area (Å²) in [5.41, 5.74) is 11.4. The molecule has 0 aliphatic carbocycles. The molecule has 166 valence electrons. The van der Waals surface area contributed by atoms with Crippen molar-refractivity contribution in [2.24, 2.45) is 10.7 Å². The summed E-state index contributed by atoms with van der Waals surface area (Å²) in [4.78, 5) is 33.0. The number of fused-ring (bicyclic) bond motifs is 2. The first kappa shape index (κ1) is 21.1. The monoisotopic (exact) mass is 439 g/mol. The lowest BCUT2D eigenvalue weighted by Gasteiger charge is -2.26. The second-order valence-electron chi connectivity index (χ2n) is 8.32. The van der Waals surface area contributed by atoms with Gasteiger partial charge in [-0.15, -0.1) is 0 Å². The first-order valence-corrected chi connectivity index (χ1v) is 10.9. The Labute approximate surface area is 192 Å². The van der Waals surface area contributed by atoms with Crippen LogP contribution in [0.25, 0.3) is 0 Å². The highest BCUT2D eigenvalue weighted by Crippen LogP contribution is 2.28. The van der Waals surface area contributed by atoms with E-state index in [1.165, 1.54) is 0 Å². The van der Waals surface area contributed by atoms with Gasteiger partial charge in [-0.1, -0.05) is 66.7 Å². The average molecular weight is 440 g/mol. The van der Waals surface area contributed by atoms with E-state index in [-0.39, 0.29) is 11.8 Å². The Morgan fingerprint density at radius 3 is 2.48 bits per heavy atom. The van der Waals surface area contributed by atoms with Gasteiger partial charge in [0.15, 0.2) is 6.17 Å². The number of para-hydroxylation sites is 2. The molecule has 2 aliphatic heterocycles. The second-order valence-corrected chi connectivity index (χ2v) is 8.32. The van der Waals surface area contributed by atoms with Crippen LogP contribution >= 0.6 is 0 Å². The molecule has 0 fully saturated rings.